The number of thiazole rings is 1. The van der Waals surface area contributed by atoms with Crippen molar-refractivity contribution in [1.29, 1.82) is 0 Å². The summed E-state index contributed by atoms with van der Waals surface area (Å²) in [6.45, 7) is 3.79. The molecule has 4 rings (SSSR count). The van der Waals surface area contributed by atoms with Gasteiger partial charge in [-0.1, -0.05) is 18.2 Å². The second-order valence-corrected chi connectivity index (χ2v) is 7.59. The molecule has 1 amide bonds. The van der Waals surface area contributed by atoms with Crippen LogP contribution in [0, 0.1) is 6.92 Å². The number of ether oxygens (including phenoxy) is 1. The van der Waals surface area contributed by atoms with E-state index < -0.39 is 17.5 Å². The molecule has 0 bridgehead atoms. The molecule has 1 aromatic carbocycles. The van der Waals surface area contributed by atoms with Gasteiger partial charge in [0.15, 0.2) is 5.13 Å². The van der Waals surface area contributed by atoms with Gasteiger partial charge in [-0.3, -0.25) is 14.9 Å². The number of benzene rings is 1. The van der Waals surface area contributed by atoms with Crippen molar-refractivity contribution in [3.63, 3.8) is 0 Å². The summed E-state index contributed by atoms with van der Waals surface area (Å²) in [5.74, 6) is -1.27. The number of esters is 1. The Morgan fingerprint density at radius 2 is 2.14 bits per heavy atom. The predicted octanol–water partition coefficient (Wildman–Crippen LogP) is 3.40. The molecule has 1 unspecified atom stereocenters. The zero-order valence-electron chi connectivity index (χ0n) is 15.4. The van der Waals surface area contributed by atoms with Gasteiger partial charge in [0.1, 0.15) is 17.1 Å². The Kier molecular flexibility index (Phi) is 4.72. The fourth-order valence-electron chi connectivity index (χ4n) is 3.48. The lowest BCUT2D eigenvalue weighted by Gasteiger charge is -2.08. The number of aromatic nitrogens is 1. The smallest absolute Gasteiger partial charge is 0.349 e. The van der Waals surface area contributed by atoms with Crippen LogP contribution >= 0.6 is 11.3 Å². The van der Waals surface area contributed by atoms with Gasteiger partial charge in [0.05, 0.1) is 12.3 Å². The second kappa shape index (κ2) is 7.20. The third-order valence-electron chi connectivity index (χ3n) is 4.81. The van der Waals surface area contributed by atoms with Crippen molar-refractivity contribution in [1.82, 2.24) is 4.98 Å². The first-order valence-electron chi connectivity index (χ1n) is 8.99. The van der Waals surface area contributed by atoms with E-state index in [1.54, 1.807) is 32.0 Å². The summed E-state index contributed by atoms with van der Waals surface area (Å²) in [5, 5.41) is 3.74. The summed E-state index contributed by atoms with van der Waals surface area (Å²) in [7, 11) is 0. The van der Waals surface area contributed by atoms with Crippen LogP contribution in [0.25, 0.3) is 11.0 Å². The molecule has 7 nitrogen and oxygen atoms in total. The van der Waals surface area contributed by atoms with Gasteiger partial charge in [-0.2, -0.15) is 0 Å². The van der Waals surface area contributed by atoms with Crippen LogP contribution < -0.4 is 10.9 Å². The number of amides is 1. The minimum Gasteiger partial charge on any atom is -0.465 e. The Morgan fingerprint density at radius 1 is 1.36 bits per heavy atom. The van der Waals surface area contributed by atoms with Crippen LogP contribution in [0.3, 0.4) is 0 Å². The number of carbonyl (C=O) groups excluding carboxylic acids is 2. The maximum absolute atomic E-state index is 12.7. The molecule has 1 aliphatic rings. The van der Waals surface area contributed by atoms with E-state index in [0.29, 0.717) is 46.8 Å². The van der Waals surface area contributed by atoms with Crippen LogP contribution in [0.5, 0.6) is 0 Å². The summed E-state index contributed by atoms with van der Waals surface area (Å²) in [6.07, 6.45) is 1.37. The maximum Gasteiger partial charge on any atom is 0.349 e. The molecule has 2 aromatic heterocycles. The summed E-state index contributed by atoms with van der Waals surface area (Å²) < 4.78 is 10.4. The Hall–Kier alpha value is -3.00. The number of rotatable bonds is 4. The molecule has 0 aliphatic heterocycles. The van der Waals surface area contributed by atoms with Gasteiger partial charge in [-0.25, -0.2) is 9.78 Å². The average molecular weight is 398 g/mol. The van der Waals surface area contributed by atoms with Gasteiger partial charge in [-0.05, 0) is 38.3 Å². The summed E-state index contributed by atoms with van der Waals surface area (Å²) >= 11 is 1.32. The van der Waals surface area contributed by atoms with E-state index in [9.17, 15) is 14.4 Å². The number of hydrogen-bond donors (Lipinski definition) is 1. The van der Waals surface area contributed by atoms with E-state index >= 15 is 0 Å². The maximum atomic E-state index is 12.7. The molecule has 1 aliphatic carbocycles. The normalized spacial score (nSPS) is 15.4. The molecule has 1 N–H and O–H groups in total. The standard InChI is InChI=1S/C20H18N2O5S/c1-3-26-18(24)12-8-9-14-16(12)21-20(28-14)22-17(23)15-10(2)11-6-4-5-7-13(11)27-19(15)25/h4-7,12H,3,8-9H2,1-2H3,(H,21,22,23). The number of nitrogens with zero attached hydrogens (tertiary/aromatic N) is 1. The first-order chi connectivity index (χ1) is 13.5. The van der Waals surface area contributed by atoms with Crippen LogP contribution in [0.2, 0.25) is 0 Å². The molecular formula is C20H18N2O5S. The highest BCUT2D eigenvalue weighted by molar-refractivity contribution is 7.16. The number of carbonyl (C=O) groups is 2. The van der Waals surface area contributed by atoms with E-state index in [-0.39, 0.29) is 11.5 Å². The second-order valence-electron chi connectivity index (χ2n) is 6.51. The number of fused-ring (bicyclic) bond motifs is 2. The first-order valence-corrected chi connectivity index (χ1v) is 9.81. The Labute approximate surface area is 164 Å². The van der Waals surface area contributed by atoms with Crippen LogP contribution in [-0.2, 0) is 16.0 Å². The molecule has 3 aromatic rings. The topological polar surface area (TPSA) is 98.5 Å². The van der Waals surface area contributed by atoms with Gasteiger partial charge in [-0.15, -0.1) is 11.3 Å². The SMILES string of the molecule is CCOC(=O)C1CCc2sc(NC(=O)c3c(C)c4ccccc4oc3=O)nc21. The van der Waals surface area contributed by atoms with Crippen molar-refractivity contribution in [2.24, 2.45) is 0 Å². The third-order valence-corrected chi connectivity index (χ3v) is 5.86. The van der Waals surface area contributed by atoms with Gasteiger partial charge >= 0.3 is 11.6 Å². The Balaban J connectivity index is 1.62. The molecule has 28 heavy (non-hydrogen) atoms. The molecule has 144 valence electrons. The Morgan fingerprint density at radius 3 is 2.93 bits per heavy atom. The largest absolute Gasteiger partial charge is 0.465 e. The highest BCUT2D eigenvalue weighted by Gasteiger charge is 2.34. The number of nitrogens with one attached hydrogen (secondary N) is 1. The van der Waals surface area contributed by atoms with Crippen molar-refractivity contribution in [2.45, 2.75) is 32.6 Å². The van der Waals surface area contributed by atoms with Gasteiger partial charge < -0.3 is 9.15 Å². The average Bonchev–Trinajstić information content (AvgIpc) is 3.21. The summed E-state index contributed by atoms with van der Waals surface area (Å²) in [4.78, 5) is 42.5. The van der Waals surface area contributed by atoms with Crippen molar-refractivity contribution in [3.05, 3.63) is 56.4 Å². The van der Waals surface area contributed by atoms with Crippen molar-refractivity contribution < 1.29 is 18.7 Å². The van der Waals surface area contributed by atoms with Crippen LogP contribution in [-0.4, -0.2) is 23.5 Å². The molecule has 0 radical (unpaired) electrons. The minimum atomic E-state index is -0.692. The van der Waals surface area contributed by atoms with Crippen LogP contribution in [0.4, 0.5) is 5.13 Å². The minimum absolute atomic E-state index is 0.0454. The predicted molar refractivity (Wildman–Crippen MR) is 105 cm³/mol. The quantitative estimate of drug-likeness (QED) is 0.534. The van der Waals surface area contributed by atoms with Gasteiger partial charge in [0, 0.05) is 10.3 Å². The highest BCUT2D eigenvalue weighted by atomic mass is 32.1. The fraction of sp³-hybridized carbons (Fsp3) is 0.300. The van der Waals surface area contributed by atoms with Crippen LogP contribution in [0.15, 0.2) is 33.5 Å². The molecule has 2 heterocycles. The number of aryl methyl sites for hydroxylation is 2. The number of anilines is 1. The lowest BCUT2D eigenvalue weighted by Crippen LogP contribution is -2.22. The summed E-state index contributed by atoms with van der Waals surface area (Å²) in [5.41, 5.74) is 0.907. The van der Waals surface area contributed by atoms with Crippen molar-refractivity contribution >= 4 is 39.3 Å². The number of hydrogen-bond acceptors (Lipinski definition) is 7. The van der Waals surface area contributed by atoms with E-state index in [1.807, 2.05) is 6.07 Å². The van der Waals surface area contributed by atoms with E-state index in [4.69, 9.17) is 9.15 Å². The van der Waals surface area contributed by atoms with E-state index in [0.717, 1.165) is 4.88 Å². The zero-order chi connectivity index (χ0) is 19.8. The third kappa shape index (κ3) is 3.09. The molecule has 0 saturated carbocycles. The molecule has 0 saturated heterocycles. The molecule has 8 heteroatoms. The lowest BCUT2D eigenvalue weighted by molar-refractivity contribution is -0.145. The fourth-order valence-corrected chi connectivity index (χ4v) is 4.51. The Bertz CT molecular complexity index is 1150. The van der Waals surface area contributed by atoms with Crippen molar-refractivity contribution in [2.75, 3.05) is 11.9 Å². The zero-order valence-corrected chi connectivity index (χ0v) is 16.2. The lowest BCUT2D eigenvalue weighted by atomic mass is 10.1. The molecule has 0 spiro atoms. The monoisotopic (exact) mass is 398 g/mol. The van der Waals surface area contributed by atoms with E-state index in [2.05, 4.69) is 10.3 Å². The van der Waals surface area contributed by atoms with Gasteiger partial charge in [0.25, 0.3) is 5.91 Å². The summed E-state index contributed by atoms with van der Waals surface area (Å²) in [6, 6.07) is 7.07. The van der Waals surface area contributed by atoms with Crippen molar-refractivity contribution in [3.8, 4) is 0 Å². The first kappa shape index (κ1) is 18.4. The molecular weight excluding hydrogens is 380 g/mol. The molecule has 0 fully saturated rings. The van der Waals surface area contributed by atoms with Crippen LogP contribution in [0.1, 0.15) is 45.8 Å². The molecule has 1 atom stereocenters. The van der Waals surface area contributed by atoms with E-state index in [1.165, 1.54) is 11.3 Å². The van der Waals surface area contributed by atoms with Gasteiger partial charge in [0.2, 0.25) is 0 Å². The number of para-hydroxylation sites is 1. The highest BCUT2D eigenvalue weighted by Crippen LogP contribution is 2.39.